The number of imidazole rings is 1. The summed E-state index contributed by atoms with van der Waals surface area (Å²) in [4.78, 5) is 4.56. The van der Waals surface area contributed by atoms with Gasteiger partial charge in [-0.2, -0.15) is 0 Å². The predicted molar refractivity (Wildman–Crippen MR) is 123 cm³/mol. The lowest BCUT2D eigenvalue weighted by molar-refractivity contribution is 0.396. The lowest BCUT2D eigenvalue weighted by Gasteiger charge is -2.29. The van der Waals surface area contributed by atoms with Crippen LogP contribution in [0.4, 0.5) is 17.2 Å². The van der Waals surface area contributed by atoms with Crippen LogP contribution in [0.1, 0.15) is 37.2 Å². The normalized spacial score (nSPS) is 18.7. The molecule has 1 saturated carbocycles. The molecule has 4 aromatic rings. The second-order valence-electron chi connectivity index (χ2n) is 8.02. The number of aromatic nitrogens is 3. The predicted octanol–water partition coefficient (Wildman–Crippen LogP) is 4.83. The number of ether oxygens (including phenoxy) is 1. The Morgan fingerprint density at radius 1 is 0.968 bits per heavy atom. The van der Waals surface area contributed by atoms with E-state index >= 15 is 0 Å². The molecule has 31 heavy (non-hydrogen) atoms. The minimum absolute atomic E-state index is 0.261. The highest BCUT2D eigenvalue weighted by atomic mass is 16.5. The van der Waals surface area contributed by atoms with Crippen LogP contribution in [-0.4, -0.2) is 20.6 Å². The highest BCUT2D eigenvalue weighted by Crippen LogP contribution is 2.42. The van der Waals surface area contributed by atoms with Crippen molar-refractivity contribution in [3.8, 4) is 11.5 Å². The van der Waals surface area contributed by atoms with Gasteiger partial charge in [0, 0.05) is 24.0 Å². The summed E-state index contributed by atoms with van der Waals surface area (Å²) in [5.74, 6) is 2.32. The molecule has 5 N–H and O–H groups in total. The molecule has 7 heteroatoms. The summed E-state index contributed by atoms with van der Waals surface area (Å²) in [6.07, 6.45) is 7.49. The van der Waals surface area contributed by atoms with Gasteiger partial charge in [0.1, 0.15) is 11.6 Å². The van der Waals surface area contributed by atoms with Crippen LogP contribution in [0.3, 0.4) is 0 Å². The molecule has 0 aliphatic heterocycles. The molecule has 0 atom stereocenters. The van der Waals surface area contributed by atoms with E-state index in [4.69, 9.17) is 16.2 Å². The SMILES string of the molecule is Nc1nn2ccnc2c(Nc2ccccc2Oc2ccccc2)c1[C@H]1CC[C@H](N)CC1. The first-order chi connectivity index (χ1) is 15.2. The number of fused-ring (bicyclic) bond motifs is 1. The van der Waals surface area contributed by atoms with Gasteiger partial charge in [0.2, 0.25) is 0 Å². The maximum absolute atomic E-state index is 6.47. The molecule has 1 aliphatic rings. The summed E-state index contributed by atoms with van der Waals surface area (Å²) in [6, 6.07) is 17.9. The monoisotopic (exact) mass is 414 g/mol. The Kier molecular flexibility index (Phi) is 5.18. The molecule has 0 radical (unpaired) electrons. The zero-order chi connectivity index (χ0) is 21.2. The summed E-state index contributed by atoms with van der Waals surface area (Å²) >= 11 is 0. The quantitative estimate of drug-likeness (QED) is 0.432. The second-order valence-corrected chi connectivity index (χ2v) is 8.02. The minimum atomic E-state index is 0.261. The third-order valence-corrected chi connectivity index (χ3v) is 5.90. The van der Waals surface area contributed by atoms with E-state index in [0.717, 1.165) is 59.8 Å². The van der Waals surface area contributed by atoms with Gasteiger partial charge in [-0.3, -0.25) is 0 Å². The van der Waals surface area contributed by atoms with Gasteiger partial charge >= 0.3 is 0 Å². The van der Waals surface area contributed by atoms with Crippen molar-refractivity contribution in [2.24, 2.45) is 5.73 Å². The van der Waals surface area contributed by atoms with Crippen molar-refractivity contribution in [2.75, 3.05) is 11.1 Å². The van der Waals surface area contributed by atoms with Crippen molar-refractivity contribution in [1.29, 1.82) is 0 Å². The number of nitrogens with one attached hydrogen (secondary N) is 1. The Morgan fingerprint density at radius 2 is 1.71 bits per heavy atom. The van der Waals surface area contributed by atoms with Crippen LogP contribution in [0.5, 0.6) is 11.5 Å². The number of anilines is 3. The number of nitrogens with zero attached hydrogens (tertiary/aromatic N) is 3. The third-order valence-electron chi connectivity index (χ3n) is 5.90. The zero-order valence-corrected chi connectivity index (χ0v) is 17.2. The van der Waals surface area contributed by atoms with Crippen molar-refractivity contribution in [1.82, 2.24) is 14.6 Å². The van der Waals surface area contributed by atoms with Crippen LogP contribution in [0.2, 0.25) is 0 Å². The maximum Gasteiger partial charge on any atom is 0.177 e. The Hall–Kier alpha value is -3.58. The van der Waals surface area contributed by atoms with Crippen LogP contribution in [0, 0.1) is 0 Å². The highest BCUT2D eigenvalue weighted by molar-refractivity contribution is 5.82. The number of hydrogen-bond donors (Lipinski definition) is 3. The largest absolute Gasteiger partial charge is 0.455 e. The molecule has 7 nitrogen and oxygen atoms in total. The first kappa shape index (κ1) is 19.4. The molecule has 1 aliphatic carbocycles. The Labute approximate surface area is 181 Å². The minimum Gasteiger partial charge on any atom is -0.455 e. The van der Waals surface area contributed by atoms with Crippen molar-refractivity contribution < 1.29 is 4.74 Å². The third kappa shape index (κ3) is 3.92. The Morgan fingerprint density at radius 3 is 2.52 bits per heavy atom. The maximum atomic E-state index is 6.47. The smallest absolute Gasteiger partial charge is 0.177 e. The van der Waals surface area contributed by atoms with E-state index < -0.39 is 0 Å². The summed E-state index contributed by atoms with van der Waals surface area (Å²) in [6.45, 7) is 0. The van der Waals surface area contributed by atoms with Crippen LogP contribution < -0.4 is 21.5 Å². The highest BCUT2D eigenvalue weighted by Gasteiger charge is 2.27. The fourth-order valence-electron chi connectivity index (χ4n) is 4.33. The Balaban J connectivity index is 1.56. The van der Waals surface area contributed by atoms with E-state index in [1.165, 1.54) is 0 Å². The Bertz CT molecular complexity index is 1180. The van der Waals surface area contributed by atoms with E-state index in [0.29, 0.717) is 11.7 Å². The number of hydrogen-bond acceptors (Lipinski definition) is 6. The number of rotatable bonds is 5. The number of nitrogens with two attached hydrogens (primary N) is 2. The van der Waals surface area contributed by atoms with Crippen LogP contribution >= 0.6 is 0 Å². The zero-order valence-electron chi connectivity index (χ0n) is 17.2. The number of para-hydroxylation sites is 3. The van der Waals surface area contributed by atoms with Crippen LogP contribution in [0.25, 0.3) is 5.65 Å². The molecule has 0 spiro atoms. The molecule has 2 aromatic carbocycles. The standard InChI is InChI=1S/C24H26N6O/c25-17-12-10-16(11-13-17)21-22(24-27-14-15-30(24)29-23(21)26)28-19-8-4-5-9-20(19)31-18-6-2-1-3-7-18/h1-9,14-17,28H,10-13,25H2,(H2,26,29)/t16-,17-. The summed E-state index contributed by atoms with van der Waals surface area (Å²) in [5, 5.41) is 8.13. The lowest BCUT2D eigenvalue weighted by Crippen LogP contribution is -2.26. The molecule has 1 fully saturated rings. The molecule has 0 amide bonds. The average Bonchev–Trinajstić information content (AvgIpc) is 3.25. The molecular weight excluding hydrogens is 388 g/mol. The van der Waals surface area contributed by atoms with E-state index in [2.05, 4.69) is 15.4 Å². The second kappa shape index (κ2) is 8.28. The van der Waals surface area contributed by atoms with Crippen LogP contribution in [-0.2, 0) is 0 Å². The molecule has 2 aromatic heterocycles. The fraction of sp³-hybridized carbons (Fsp3) is 0.250. The van der Waals surface area contributed by atoms with Gasteiger partial charge in [-0.1, -0.05) is 30.3 Å². The topological polar surface area (TPSA) is 103 Å². The van der Waals surface area contributed by atoms with Crippen LogP contribution in [0.15, 0.2) is 67.0 Å². The molecule has 2 heterocycles. The van der Waals surface area contributed by atoms with Gasteiger partial charge in [-0.25, -0.2) is 9.50 Å². The van der Waals surface area contributed by atoms with E-state index in [1.54, 1.807) is 10.7 Å². The molecule has 0 unspecified atom stereocenters. The molecule has 0 saturated heterocycles. The van der Waals surface area contributed by atoms with Gasteiger partial charge in [0.05, 0.1) is 11.4 Å². The van der Waals surface area contributed by atoms with E-state index in [9.17, 15) is 0 Å². The van der Waals surface area contributed by atoms with Crippen molar-refractivity contribution in [3.63, 3.8) is 0 Å². The van der Waals surface area contributed by atoms with Gasteiger partial charge in [0.15, 0.2) is 11.4 Å². The molecule has 158 valence electrons. The summed E-state index contributed by atoms with van der Waals surface area (Å²) in [5.41, 5.74) is 16.1. The van der Waals surface area contributed by atoms with Crippen molar-refractivity contribution >= 4 is 22.8 Å². The summed E-state index contributed by atoms with van der Waals surface area (Å²) < 4.78 is 7.87. The van der Waals surface area contributed by atoms with Crippen molar-refractivity contribution in [3.05, 3.63) is 72.6 Å². The van der Waals surface area contributed by atoms with Gasteiger partial charge in [0.25, 0.3) is 0 Å². The fourth-order valence-corrected chi connectivity index (χ4v) is 4.33. The van der Waals surface area contributed by atoms with Gasteiger partial charge in [-0.15, -0.1) is 5.10 Å². The first-order valence-corrected chi connectivity index (χ1v) is 10.7. The lowest BCUT2D eigenvalue weighted by atomic mass is 9.81. The molecular formula is C24H26N6O. The summed E-state index contributed by atoms with van der Waals surface area (Å²) in [7, 11) is 0. The van der Waals surface area contributed by atoms with E-state index in [1.807, 2.05) is 60.8 Å². The number of benzene rings is 2. The molecule has 0 bridgehead atoms. The van der Waals surface area contributed by atoms with Crippen molar-refractivity contribution in [2.45, 2.75) is 37.6 Å². The van der Waals surface area contributed by atoms with Gasteiger partial charge in [-0.05, 0) is 55.9 Å². The first-order valence-electron chi connectivity index (χ1n) is 10.7. The molecule has 5 rings (SSSR count). The van der Waals surface area contributed by atoms with Gasteiger partial charge < -0.3 is 21.5 Å². The number of nitrogen functional groups attached to an aromatic ring is 1. The van der Waals surface area contributed by atoms with E-state index in [-0.39, 0.29) is 6.04 Å². The average molecular weight is 415 g/mol.